The quantitative estimate of drug-likeness (QED) is 0.140. The number of aliphatic imine (C=N–C) groups is 1. The van der Waals surface area contributed by atoms with E-state index in [1.807, 2.05) is 0 Å². The molecule has 208 valence electrons. The van der Waals surface area contributed by atoms with Gasteiger partial charge in [0.25, 0.3) is 0 Å². The van der Waals surface area contributed by atoms with Crippen LogP contribution in [0.1, 0.15) is 125 Å². The van der Waals surface area contributed by atoms with Gasteiger partial charge in [0, 0.05) is 6.54 Å². The molecule has 1 unspecified atom stereocenters. The minimum Gasteiger partial charge on any atom is -0.393 e. The van der Waals surface area contributed by atoms with Gasteiger partial charge >= 0.3 is 0 Å². The molecule has 4 nitrogen and oxygen atoms in total. The smallest absolute Gasteiger partial charge is 0.185 e. The third kappa shape index (κ3) is 6.51. The molecule has 3 fully saturated rings. The number of aliphatic hydroxyl groups excluding tert-OH is 1. The summed E-state index contributed by atoms with van der Waals surface area (Å²) in [4.78, 5) is 3.79. The summed E-state index contributed by atoms with van der Waals surface area (Å²) in [5.41, 5.74) is 12.7. The lowest BCUT2D eigenvalue weighted by Crippen LogP contribution is -2.50. The van der Waals surface area contributed by atoms with Crippen molar-refractivity contribution in [1.82, 2.24) is 0 Å². The fourth-order valence-electron chi connectivity index (χ4n) is 9.03. The van der Waals surface area contributed by atoms with Crippen LogP contribution in [0.3, 0.4) is 0 Å². The van der Waals surface area contributed by atoms with Crippen molar-refractivity contribution >= 4 is 5.96 Å². The van der Waals surface area contributed by atoms with Crippen LogP contribution in [-0.4, -0.2) is 23.7 Å². The normalized spacial score (nSPS) is 38.1. The first kappa shape index (κ1) is 29.5. The van der Waals surface area contributed by atoms with Gasteiger partial charge in [-0.1, -0.05) is 78.9 Å². The topological polar surface area (TPSA) is 84.6 Å². The average Bonchev–Trinajstić information content (AvgIpc) is 3.17. The minimum atomic E-state index is -0.0766. The number of hydrogen-bond acceptors (Lipinski definition) is 2. The summed E-state index contributed by atoms with van der Waals surface area (Å²) < 4.78 is 0. The molecule has 0 aromatic carbocycles. The molecule has 4 heteroatoms. The number of guanidine groups is 1. The maximum Gasteiger partial charge on any atom is 0.185 e. The van der Waals surface area contributed by atoms with Gasteiger partial charge in [0.15, 0.2) is 5.96 Å². The summed E-state index contributed by atoms with van der Waals surface area (Å²) in [7, 11) is 0. The SMILES string of the molecule is CC(C)CCCC(C)[C@H]1CC[C@H]2[C@@H]3CC=C4C[C@@H](O)CC[C@]4(C)[C@H]3CC[C@]12C.CCCCN=C(N)N. The van der Waals surface area contributed by atoms with Gasteiger partial charge in [-0.25, -0.2) is 0 Å². The Kier molecular flexibility index (Phi) is 10.4. The summed E-state index contributed by atoms with van der Waals surface area (Å²) in [5.74, 6) is 5.65. The number of fused-ring (bicyclic) bond motifs is 5. The standard InChI is InChI=1S/C27H46O.C5H13N3/c1-18(2)7-6-8-19(3)23-11-12-24-22-10-9-20-17-21(28)13-15-26(20,4)25(22)14-16-27(23,24)5;1-2-3-4-8-5(6)7/h9,18-19,21-25,28H,6-8,10-17H2,1-5H3;2-4H2,1H3,(H4,6,7,8)/t19?,21-,22-,23+,24-,25-,26-,27+;/m0./s1. The van der Waals surface area contributed by atoms with E-state index in [9.17, 15) is 5.11 Å². The molecular weight excluding hydrogens is 442 g/mol. The van der Waals surface area contributed by atoms with Gasteiger partial charge in [-0.2, -0.15) is 0 Å². The molecule has 3 saturated carbocycles. The van der Waals surface area contributed by atoms with Crippen molar-refractivity contribution in [3.05, 3.63) is 11.6 Å². The number of aliphatic hydroxyl groups is 1. The second-order valence-electron chi connectivity index (χ2n) is 13.8. The first-order valence-electron chi connectivity index (χ1n) is 15.5. The number of hydrogen-bond donors (Lipinski definition) is 3. The first-order valence-corrected chi connectivity index (χ1v) is 15.5. The second-order valence-corrected chi connectivity index (χ2v) is 13.8. The minimum absolute atomic E-state index is 0.0766. The fraction of sp³-hybridized carbons (Fsp3) is 0.906. The van der Waals surface area contributed by atoms with Crippen LogP contribution < -0.4 is 11.5 Å². The van der Waals surface area contributed by atoms with E-state index >= 15 is 0 Å². The van der Waals surface area contributed by atoms with Crippen molar-refractivity contribution in [2.45, 2.75) is 131 Å². The number of allylic oxidation sites excluding steroid dienone is 1. The Morgan fingerprint density at radius 3 is 2.44 bits per heavy atom. The average molecular weight is 502 g/mol. The first-order chi connectivity index (χ1) is 17.0. The molecule has 0 aromatic rings. The predicted octanol–water partition coefficient (Wildman–Crippen LogP) is 7.45. The van der Waals surface area contributed by atoms with Crippen LogP contribution in [0.25, 0.3) is 0 Å². The van der Waals surface area contributed by atoms with Crippen LogP contribution in [-0.2, 0) is 0 Å². The molecule has 0 aromatic heterocycles. The maximum atomic E-state index is 10.2. The van der Waals surface area contributed by atoms with Crippen molar-refractivity contribution in [3.63, 3.8) is 0 Å². The van der Waals surface area contributed by atoms with E-state index in [1.54, 1.807) is 5.57 Å². The van der Waals surface area contributed by atoms with Gasteiger partial charge in [-0.05, 0) is 104 Å². The third-order valence-corrected chi connectivity index (χ3v) is 11.1. The van der Waals surface area contributed by atoms with Gasteiger partial charge in [-0.3, -0.25) is 4.99 Å². The van der Waals surface area contributed by atoms with Crippen molar-refractivity contribution < 1.29 is 5.11 Å². The maximum absolute atomic E-state index is 10.2. The lowest BCUT2D eigenvalue weighted by Gasteiger charge is -2.58. The van der Waals surface area contributed by atoms with Crippen LogP contribution in [0.5, 0.6) is 0 Å². The van der Waals surface area contributed by atoms with Gasteiger partial charge < -0.3 is 16.6 Å². The van der Waals surface area contributed by atoms with E-state index in [4.69, 9.17) is 11.5 Å². The molecule has 8 atom stereocenters. The number of unbranched alkanes of at least 4 members (excludes halogenated alkanes) is 1. The molecular formula is C32H59N3O. The molecule has 0 aliphatic heterocycles. The van der Waals surface area contributed by atoms with Crippen molar-refractivity contribution in [2.24, 2.45) is 62.8 Å². The summed E-state index contributed by atoms with van der Waals surface area (Å²) in [5, 5.41) is 10.2. The molecule has 0 amide bonds. The van der Waals surface area contributed by atoms with Crippen molar-refractivity contribution in [3.8, 4) is 0 Å². The highest BCUT2D eigenvalue weighted by Gasteiger charge is 2.59. The second kappa shape index (κ2) is 12.7. The Balaban J connectivity index is 0.000000392. The highest BCUT2D eigenvalue weighted by molar-refractivity contribution is 5.75. The van der Waals surface area contributed by atoms with E-state index < -0.39 is 0 Å². The van der Waals surface area contributed by atoms with E-state index in [0.717, 1.165) is 67.7 Å². The molecule has 5 N–H and O–H groups in total. The molecule has 4 rings (SSSR count). The largest absolute Gasteiger partial charge is 0.393 e. The molecule has 0 bridgehead atoms. The van der Waals surface area contributed by atoms with Crippen molar-refractivity contribution in [2.75, 3.05) is 6.54 Å². The predicted molar refractivity (Wildman–Crippen MR) is 155 cm³/mol. The number of rotatable bonds is 8. The molecule has 0 heterocycles. The molecule has 4 aliphatic carbocycles. The molecule has 36 heavy (non-hydrogen) atoms. The zero-order valence-corrected chi connectivity index (χ0v) is 24.6. The Bertz CT molecular complexity index is 756. The third-order valence-electron chi connectivity index (χ3n) is 11.1. The van der Waals surface area contributed by atoms with E-state index in [1.165, 1.54) is 57.8 Å². The van der Waals surface area contributed by atoms with E-state index in [0.29, 0.717) is 10.8 Å². The highest BCUT2D eigenvalue weighted by Crippen LogP contribution is 2.67. The van der Waals surface area contributed by atoms with Gasteiger partial charge in [0.05, 0.1) is 6.10 Å². The summed E-state index contributed by atoms with van der Waals surface area (Å²) in [6, 6.07) is 0. The number of nitrogens with two attached hydrogens (primary N) is 2. The van der Waals surface area contributed by atoms with E-state index in [-0.39, 0.29) is 12.1 Å². The Labute approximate surface area is 223 Å². The monoisotopic (exact) mass is 501 g/mol. The molecule has 4 aliphatic rings. The van der Waals surface area contributed by atoms with Gasteiger partial charge in [0.1, 0.15) is 0 Å². The highest BCUT2D eigenvalue weighted by atomic mass is 16.3. The van der Waals surface area contributed by atoms with Crippen LogP contribution >= 0.6 is 0 Å². The molecule has 0 radical (unpaired) electrons. The lowest BCUT2D eigenvalue weighted by atomic mass is 9.47. The number of nitrogens with zero attached hydrogens (tertiary/aromatic N) is 1. The zero-order valence-electron chi connectivity index (χ0n) is 24.6. The zero-order chi connectivity index (χ0) is 26.5. The molecule has 0 spiro atoms. The fourth-order valence-corrected chi connectivity index (χ4v) is 9.03. The van der Waals surface area contributed by atoms with Crippen molar-refractivity contribution in [1.29, 1.82) is 0 Å². The Morgan fingerprint density at radius 2 is 1.78 bits per heavy atom. The summed E-state index contributed by atoms with van der Waals surface area (Å²) in [6.07, 6.45) is 19.4. The van der Waals surface area contributed by atoms with E-state index in [2.05, 4.69) is 52.6 Å². The van der Waals surface area contributed by atoms with Crippen LogP contribution in [0.2, 0.25) is 0 Å². The van der Waals surface area contributed by atoms with Crippen LogP contribution in [0.15, 0.2) is 16.6 Å². The van der Waals surface area contributed by atoms with Gasteiger partial charge in [0.2, 0.25) is 0 Å². The summed E-state index contributed by atoms with van der Waals surface area (Å²) >= 11 is 0. The Morgan fingerprint density at radius 1 is 1.03 bits per heavy atom. The van der Waals surface area contributed by atoms with Crippen LogP contribution in [0, 0.1) is 46.3 Å². The molecule has 0 saturated heterocycles. The van der Waals surface area contributed by atoms with Gasteiger partial charge in [-0.15, -0.1) is 0 Å². The lowest BCUT2D eigenvalue weighted by molar-refractivity contribution is -0.0573. The van der Waals surface area contributed by atoms with Crippen LogP contribution in [0.4, 0.5) is 0 Å². The summed E-state index contributed by atoms with van der Waals surface area (Å²) in [6.45, 7) is 15.4. The Hall–Kier alpha value is -1.03.